The fraction of sp³-hybridized carbons (Fsp3) is 0.300. The van der Waals surface area contributed by atoms with E-state index in [0.29, 0.717) is 38.4 Å². The number of aryl methyl sites for hydroxylation is 2. The highest BCUT2D eigenvalue weighted by Crippen LogP contribution is 2.35. The molecule has 5 aromatic rings. The molecule has 6 rings (SSSR count). The van der Waals surface area contributed by atoms with Gasteiger partial charge < -0.3 is 18.8 Å². The van der Waals surface area contributed by atoms with E-state index in [1.54, 1.807) is 0 Å². The quantitative estimate of drug-likeness (QED) is 0.129. The minimum absolute atomic E-state index is 0.337. The first-order valence-corrected chi connectivity index (χ1v) is 16.4. The minimum atomic E-state index is -0.337. The van der Waals surface area contributed by atoms with Crippen molar-refractivity contribution >= 4 is 5.97 Å². The second-order valence-corrected chi connectivity index (χ2v) is 12.2. The molecule has 1 aliphatic heterocycles. The Bertz CT molecular complexity index is 1830. The number of hydrogen-bond donors (Lipinski definition) is 0. The van der Waals surface area contributed by atoms with Gasteiger partial charge in [0.2, 0.25) is 0 Å². The summed E-state index contributed by atoms with van der Waals surface area (Å²) in [5.74, 6) is 2.23. The van der Waals surface area contributed by atoms with Crippen molar-refractivity contribution < 1.29 is 19.0 Å². The number of unbranched alkanes of at least 4 members (excludes halogenated alkanes) is 1. The molecule has 0 bridgehead atoms. The Hall–Kier alpha value is -4.88. The Morgan fingerprint density at radius 3 is 2.28 bits per heavy atom. The fourth-order valence-electron chi connectivity index (χ4n) is 6.12. The third-order valence-corrected chi connectivity index (χ3v) is 8.69. The average molecular weight is 630 g/mol. The Balaban J connectivity index is 1.45. The summed E-state index contributed by atoms with van der Waals surface area (Å²) < 4.78 is 19.1. The average Bonchev–Trinajstić information content (AvgIpc) is 3.44. The van der Waals surface area contributed by atoms with Crippen LogP contribution < -0.4 is 9.47 Å². The first kappa shape index (κ1) is 32.1. The lowest BCUT2D eigenvalue weighted by atomic mass is 10.1. The zero-order chi connectivity index (χ0) is 32.8. The third kappa shape index (κ3) is 7.42. The molecule has 1 aliphatic rings. The molecule has 7 nitrogen and oxygen atoms in total. The van der Waals surface area contributed by atoms with Gasteiger partial charge in [-0.1, -0.05) is 85.6 Å². The molecule has 0 radical (unpaired) electrons. The normalized spacial score (nSPS) is 12.4. The van der Waals surface area contributed by atoms with Gasteiger partial charge in [-0.15, -0.1) is 0 Å². The second-order valence-electron chi connectivity index (χ2n) is 12.2. The molecule has 7 heteroatoms. The molecule has 0 fully saturated rings. The lowest BCUT2D eigenvalue weighted by Crippen LogP contribution is -2.25. The fourth-order valence-corrected chi connectivity index (χ4v) is 6.12. The largest absolute Gasteiger partial charge is 0.486 e. The molecular formula is C40H43N3O4. The molecule has 0 spiro atoms. The summed E-state index contributed by atoms with van der Waals surface area (Å²) in [7, 11) is 1.41. The van der Waals surface area contributed by atoms with Crippen molar-refractivity contribution in [3.8, 4) is 34.1 Å². The van der Waals surface area contributed by atoms with Gasteiger partial charge in [-0.25, -0.2) is 9.78 Å². The van der Waals surface area contributed by atoms with E-state index in [4.69, 9.17) is 19.2 Å². The van der Waals surface area contributed by atoms with Crippen LogP contribution in [0.15, 0.2) is 91.0 Å². The Morgan fingerprint density at radius 2 is 1.55 bits per heavy atom. The summed E-state index contributed by atoms with van der Waals surface area (Å²) in [5, 5.41) is 0. The number of carbonyl (C=O) groups excluding carboxylic acids is 1. The highest BCUT2D eigenvalue weighted by Gasteiger charge is 2.23. The Morgan fingerprint density at radius 1 is 0.851 bits per heavy atom. The van der Waals surface area contributed by atoms with Crippen LogP contribution in [-0.2, 0) is 30.9 Å². The van der Waals surface area contributed by atoms with Crippen molar-refractivity contribution in [3.63, 3.8) is 0 Å². The zero-order valence-electron chi connectivity index (χ0n) is 27.8. The summed E-state index contributed by atoms with van der Waals surface area (Å²) in [5.41, 5.74) is 9.65. The summed E-state index contributed by atoms with van der Waals surface area (Å²) in [4.78, 5) is 20.0. The van der Waals surface area contributed by atoms with Crippen LogP contribution >= 0.6 is 0 Å². The van der Waals surface area contributed by atoms with Crippen LogP contribution in [0.2, 0.25) is 0 Å². The van der Waals surface area contributed by atoms with Crippen LogP contribution in [-0.4, -0.2) is 40.7 Å². The van der Waals surface area contributed by atoms with Crippen molar-refractivity contribution in [2.45, 2.75) is 59.8 Å². The molecule has 47 heavy (non-hydrogen) atoms. The van der Waals surface area contributed by atoms with E-state index in [1.807, 2.05) is 30.3 Å². The Labute approximate surface area is 277 Å². The lowest BCUT2D eigenvalue weighted by Gasteiger charge is -2.26. The van der Waals surface area contributed by atoms with Crippen LogP contribution in [0.25, 0.3) is 22.6 Å². The van der Waals surface area contributed by atoms with Gasteiger partial charge in [0, 0.05) is 37.3 Å². The maximum Gasteiger partial charge on any atom is 0.337 e. The number of benzene rings is 4. The highest BCUT2D eigenvalue weighted by atomic mass is 16.6. The van der Waals surface area contributed by atoms with Gasteiger partial charge in [0.05, 0.1) is 24.1 Å². The van der Waals surface area contributed by atoms with E-state index < -0.39 is 0 Å². The van der Waals surface area contributed by atoms with Gasteiger partial charge in [0.15, 0.2) is 11.5 Å². The molecule has 0 N–H and O–H groups in total. The van der Waals surface area contributed by atoms with Crippen LogP contribution in [0.5, 0.6) is 11.5 Å². The highest BCUT2D eigenvalue weighted by molar-refractivity contribution is 5.89. The second kappa shape index (κ2) is 14.7. The number of nitrogens with zero attached hydrogens (tertiary/aromatic N) is 3. The van der Waals surface area contributed by atoms with Gasteiger partial charge in [-0.2, -0.15) is 0 Å². The van der Waals surface area contributed by atoms with E-state index in [1.165, 1.54) is 23.9 Å². The number of rotatable bonds is 12. The molecule has 0 unspecified atom stereocenters. The molecule has 1 aromatic heterocycles. The molecule has 2 heterocycles. The first-order valence-electron chi connectivity index (χ1n) is 16.4. The maximum absolute atomic E-state index is 12.1. The van der Waals surface area contributed by atoms with Crippen molar-refractivity contribution in [3.05, 3.63) is 125 Å². The van der Waals surface area contributed by atoms with Crippen LogP contribution in [0.3, 0.4) is 0 Å². The Kier molecular flexibility index (Phi) is 10.0. The summed E-state index contributed by atoms with van der Waals surface area (Å²) in [6.07, 6.45) is 2.13. The van der Waals surface area contributed by atoms with Crippen LogP contribution in [0.4, 0.5) is 0 Å². The number of hydrogen-bond acceptors (Lipinski definition) is 6. The molecule has 0 aliphatic carbocycles. The van der Waals surface area contributed by atoms with E-state index in [0.717, 1.165) is 64.7 Å². The van der Waals surface area contributed by atoms with Crippen molar-refractivity contribution in [1.29, 1.82) is 0 Å². The van der Waals surface area contributed by atoms with Gasteiger partial charge in [-0.3, -0.25) is 4.90 Å². The maximum atomic E-state index is 12.1. The molecule has 0 atom stereocenters. The number of ether oxygens (including phenoxy) is 3. The van der Waals surface area contributed by atoms with Gasteiger partial charge in [0.25, 0.3) is 0 Å². The molecule has 0 amide bonds. The van der Waals surface area contributed by atoms with Crippen molar-refractivity contribution in [2.75, 3.05) is 20.3 Å². The number of carbonyl (C=O) groups is 1. The van der Waals surface area contributed by atoms with Crippen LogP contribution in [0.1, 0.15) is 58.1 Å². The molecule has 0 saturated heterocycles. The van der Waals surface area contributed by atoms with Gasteiger partial charge >= 0.3 is 5.97 Å². The smallest absolute Gasteiger partial charge is 0.337 e. The lowest BCUT2D eigenvalue weighted by molar-refractivity contribution is 0.0600. The minimum Gasteiger partial charge on any atom is -0.486 e. The number of imidazole rings is 1. The van der Waals surface area contributed by atoms with Gasteiger partial charge in [-0.05, 0) is 61.2 Å². The number of fused-ring (bicyclic) bond motifs is 1. The molecule has 242 valence electrons. The molecular weight excluding hydrogens is 586 g/mol. The topological polar surface area (TPSA) is 65.8 Å². The SMILES string of the molecule is CCCCn1c(-c2ccccc2C)nc(-c2ccc(C)cc2)c1CN(Cc1ccc(C(=O)OC)cc1)Cc1ccc2c(c1)OCCO2. The third-order valence-electron chi connectivity index (χ3n) is 8.69. The van der Waals surface area contributed by atoms with E-state index >= 15 is 0 Å². The van der Waals surface area contributed by atoms with E-state index in [9.17, 15) is 4.79 Å². The van der Waals surface area contributed by atoms with Crippen molar-refractivity contribution in [1.82, 2.24) is 14.5 Å². The zero-order valence-corrected chi connectivity index (χ0v) is 27.8. The number of aromatic nitrogens is 2. The van der Waals surface area contributed by atoms with Gasteiger partial charge in [0.1, 0.15) is 19.0 Å². The predicted octanol–water partition coefficient (Wildman–Crippen LogP) is 8.39. The predicted molar refractivity (Wildman–Crippen MR) is 186 cm³/mol. The summed E-state index contributed by atoms with van der Waals surface area (Å²) in [6, 6.07) is 31.1. The van der Waals surface area contributed by atoms with Crippen LogP contribution in [0, 0.1) is 13.8 Å². The number of methoxy groups -OCH3 is 1. The molecule has 4 aromatic carbocycles. The van der Waals surface area contributed by atoms with E-state index in [2.05, 4.69) is 90.9 Å². The number of esters is 1. The monoisotopic (exact) mass is 629 g/mol. The van der Waals surface area contributed by atoms with Crippen molar-refractivity contribution in [2.24, 2.45) is 0 Å². The standard InChI is InChI=1S/C40H43N3O4/c1-5-6-21-43-35(38(32-16-11-28(2)12-17-32)41-39(43)34-10-8-7-9-29(34)3)27-42(25-30-13-18-33(19-14-30)40(44)45-4)26-31-15-20-36-37(24-31)47-23-22-46-36/h7-20,24H,5-6,21-23,25-27H2,1-4H3. The summed E-state index contributed by atoms with van der Waals surface area (Å²) >= 11 is 0. The van der Waals surface area contributed by atoms with E-state index in [-0.39, 0.29) is 5.97 Å². The first-order chi connectivity index (χ1) is 22.9. The molecule has 0 saturated carbocycles. The summed E-state index contributed by atoms with van der Waals surface area (Å²) in [6.45, 7) is 10.5.